The highest BCUT2D eigenvalue weighted by atomic mass is 79.9. The van der Waals surface area contributed by atoms with Crippen molar-refractivity contribution in [1.82, 2.24) is 14.8 Å². The third kappa shape index (κ3) is 2.35. The summed E-state index contributed by atoms with van der Waals surface area (Å²) in [7, 11) is 0. The van der Waals surface area contributed by atoms with Crippen molar-refractivity contribution in [3.63, 3.8) is 0 Å². The number of aryl methyl sites for hydroxylation is 2. The molecular weight excluding hydrogens is 322 g/mol. The molecule has 0 bridgehead atoms. The number of halogens is 1. The Hall–Kier alpha value is -1.46. The van der Waals surface area contributed by atoms with Crippen LogP contribution in [-0.4, -0.2) is 14.8 Å². The van der Waals surface area contributed by atoms with Gasteiger partial charge in [0.05, 0.1) is 15.2 Å². The van der Waals surface area contributed by atoms with E-state index in [4.69, 9.17) is 4.98 Å². The second kappa shape index (κ2) is 4.90. The number of hydrogen-bond acceptors (Lipinski definition) is 3. The van der Waals surface area contributed by atoms with Crippen molar-refractivity contribution < 1.29 is 0 Å². The number of nitrogens with zero attached hydrogens (tertiary/aromatic N) is 3. The molecule has 0 aliphatic rings. The SMILES string of the molecule is Cc1cc(C)n(-c2nc(-c3ccccc3)c(Br)s2)n1. The van der Waals surface area contributed by atoms with Gasteiger partial charge in [-0.2, -0.15) is 5.10 Å². The first-order valence-corrected chi connectivity index (χ1v) is 7.51. The molecule has 0 aliphatic carbocycles. The highest BCUT2D eigenvalue weighted by Gasteiger charge is 2.14. The second-order valence-corrected chi connectivity index (χ2v) is 6.62. The van der Waals surface area contributed by atoms with Crippen LogP contribution >= 0.6 is 27.3 Å². The maximum atomic E-state index is 4.70. The lowest BCUT2D eigenvalue weighted by molar-refractivity contribution is 0.826. The molecule has 0 unspecified atom stereocenters. The molecule has 0 N–H and O–H groups in total. The predicted octanol–water partition coefficient (Wildman–Crippen LogP) is 4.38. The molecule has 2 aromatic heterocycles. The van der Waals surface area contributed by atoms with Crippen molar-refractivity contribution in [1.29, 1.82) is 0 Å². The Balaban J connectivity index is 2.10. The molecule has 2 heterocycles. The van der Waals surface area contributed by atoms with E-state index in [1.807, 2.05) is 36.7 Å². The largest absolute Gasteiger partial charge is 0.217 e. The standard InChI is InChI=1S/C14H12BrN3S/c1-9-8-10(2)18(17-9)14-16-12(13(15)19-14)11-6-4-3-5-7-11/h3-8H,1-2H3. The first-order valence-electron chi connectivity index (χ1n) is 5.90. The molecule has 0 fully saturated rings. The van der Waals surface area contributed by atoms with Crippen molar-refractivity contribution in [2.75, 3.05) is 0 Å². The van der Waals surface area contributed by atoms with Gasteiger partial charge in [0.15, 0.2) is 0 Å². The van der Waals surface area contributed by atoms with E-state index in [2.05, 4.69) is 39.2 Å². The number of hydrogen-bond donors (Lipinski definition) is 0. The number of benzene rings is 1. The molecule has 96 valence electrons. The van der Waals surface area contributed by atoms with Gasteiger partial charge >= 0.3 is 0 Å². The summed E-state index contributed by atoms with van der Waals surface area (Å²) in [5, 5.41) is 5.36. The Kier molecular flexibility index (Phi) is 3.24. The van der Waals surface area contributed by atoms with Gasteiger partial charge in [-0.1, -0.05) is 41.7 Å². The second-order valence-electron chi connectivity index (χ2n) is 4.32. The van der Waals surface area contributed by atoms with Crippen LogP contribution in [0.5, 0.6) is 0 Å². The zero-order chi connectivity index (χ0) is 13.4. The van der Waals surface area contributed by atoms with E-state index in [1.165, 1.54) is 0 Å². The summed E-state index contributed by atoms with van der Waals surface area (Å²) in [4.78, 5) is 4.70. The lowest BCUT2D eigenvalue weighted by Crippen LogP contribution is -1.98. The zero-order valence-corrected chi connectivity index (χ0v) is 13.0. The topological polar surface area (TPSA) is 30.7 Å². The van der Waals surface area contributed by atoms with Gasteiger partial charge in [0.2, 0.25) is 5.13 Å². The van der Waals surface area contributed by atoms with Crippen LogP contribution < -0.4 is 0 Å². The third-order valence-corrected chi connectivity index (χ3v) is 4.49. The minimum atomic E-state index is 0.885. The van der Waals surface area contributed by atoms with E-state index in [9.17, 15) is 0 Å². The van der Waals surface area contributed by atoms with E-state index in [0.29, 0.717) is 0 Å². The first kappa shape index (κ1) is 12.6. The minimum absolute atomic E-state index is 0.885. The summed E-state index contributed by atoms with van der Waals surface area (Å²) in [5.74, 6) is 0. The van der Waals surface area contributed by atoms with E-state index >= 15 is 0 Å². The summed E-state index contributed by atoms with van der Waals surface area (Å²) in [6, 6.07) is 12.2. The maximum Gasteiger partial charge on any atom is 0.212 e. The van der Waals surface area contributed by atoms with E-state index < -0.39 is 0 Å². The van der Waals surface area contributed by atoms with Crippen LogP contribution in [-0.2, 0) is 0 Å². The van der Waals surface area contributed by atoms with E-state index in [0.717, 1.165) is 31.6 Å². The Labute approximate surface area is 124 Å². The van der Waals surface area contributed by atoms with Crippen molar-refractivity contribution in [3.05, 3.63) is 51.6 Å². The van der Waals surface area contributed by atoms with Crippen LogP contribution in [0.25, 0.3) is 16.4 Å². The predicted molar refractivity (Wildman–Crippen MR) is 81.8 cm³/mol. The smallest absolute Gasteiger partial charge is 0.212 e. The normalized spacial score (nSPS) is 10.9. The third-order valence-electron chi connectivity index (χ3n) is 2.81. The van der Waals surface area contributed by atoms with Gasteiger partial charge in [-0.3, -0.25) is 0 Å². The van der Waals surface area contributed by atoms with Crippen molar-refractivity contribution >= 4 is 27.3 Å². The zero-order valence-electron chi connectivity index (χ0n) is 10.6. The summed E-state index contributed by atoms with van der Waals surface area (Å²) in [5.41, 5.74) is 4.18. The fourth-order valence-electron chi connectivity index (χ4n) is 1.98. The van der Waals surface area contributed by atoms with Crippen molar-refractivity contribution in [3.8, 4) is 16.4 Å². The van der Waals surface area contributed by atoms with Gasteiger partial charge in [-0.25, -0.2) is 9.67 Å². The fourth-order valence-corrected chi connectivity index (χ4v) is 3.56. The fraction of sp³-hybridized carbons (Fsp3) is 0.143. The van der Waals surface area contributed by atoms with Crippen LogP contribution in [0.15, 0.2) is 40.2 Å². The molecule has 3 nitrogen and oxygen atoms in total. The van der Waals surface area contributed by atoms with Gasteiger partial charge in [-0.15, -0.1) is 0 Å². The molecular formula is C14H12BrN3S. The molecule has 5 heteroatoms. The molecule has 0 radical (unpaired) electrons. The average molecular weight is 334 g/mol. The Morgan fingerprint density at radius 3 is 2.53 bits per heavy atom. The molecule has 0 saturated heterocycles. The Morgan fingerprint density at radius 1 is 1.16 bits per heavy atom. The minimum Gasteiger partial charge on any atom is -0.217 e. The Bertz CT molecular complexity index is 716. The first-order chi connectivity index (χ1) is 9.15. The van der Waals surface area contributed by atoms with Gasteiger partial charge in [0, 0.05) is 11.3 Å². The van der Waals surface area contributed by atoms with Gasteiger partial charge in [-0.05, 0) is 35.8 Å². The summed E-state index contributed by atoms with van der Waals surface area (Å²) < 4.78 is 2.92. The van der Waals surface area contributed by atoms with Crippen molar-refractivity contribution in [2.45, 2.75) is 13.8 Å². The van der Waals surface area contributed by atoms with Crippen LogP contribution in [0.4, 0.5) is 0 Å². The molecule has 3 rings (SSSR count). The molecule has 0 saturated carbocycles. The van der Waals surface area contributed by atoms with E-state index in [-0.39, 0.29) is 0 Å². The quantitative estimate of drug-likeness (QED) is 0.696. The van der Waals surface area contributed by atoms with Crippen molar-refractivity contribution in [2.24, 2.45) is 0 Å². The molecule has 0 amide bonds. The highest BCUT2D eigenvalue weighted by molar-refractivity contribution is 9.11. The summed E-state index contributed by atoms with van der Waals surface area (Å²) in [6.07, 6.45) is 0. The van der Waals surface area contributed by atoms with Gasteiger partial charge < -0.3 is 0 Å². The van der Waals surface area contributed by atoms with Gasteiger partial charge in [0.1, 0.15) is 0 Å². The van der Waals surface area contributed by atoms with Crippen LogP contribution in [0.3, 0.4) is 0 Å². The van der Waals surface area contributed by atoms with Gasteiger partial charge in [0.25, 0.3) is 0 Å². The monoisotopic (exact) mass is 333 g/mol. The molecule has 0 aliphatic heterocycles. The lowest BCUT2D eigenvalue weighted by atomic mass is 10.2. The van der Waals surface area contributed by atoms with Crippen LogP contribution in [0.1, 0.15) is 11.4 Å². The molecule has 0 spiro atoms. The molecule has 19 heavy (non-hydrogen) atoms. The van der Waals surface area contributed by atoms with Crippen LogP contribution in [0.2, 0.25) is 0 Å². The Morgan fingerprint density at radius 2 is 1.89 bits per heavy atom. The number of aromatic nitrogens is 3. The highest BCUT2D eigenvalue weighted by Crippen LogP contribution is 2.34. The average Bonchev–Trinajstić information content (AvgIpc) is 2.93. The summed E-state index contributed by atoms with van der Waals surface area (Å²) >= 11 is 5.19. The molecule has 1 aromatic carbocycles. The number of rotatable bonds is 2. The number of thiazole rings is 1. The molecule has 3 aromatic rings. The van der Waals surface area contributed by atoms with E-state index in [1.54, 1.807) is 11.3 Å². The lowest BCUT2D eigenvalue weighted by Gasteiger charge is -1.98. The van der Waals surface area contributed by atoms with Crippen LogP contribution in [0, 0.1) is 13.8 Å². The summed E-state index contributed by atoms with van der Waals surface area (Å²) in [6.45, 7) is 4.03. The maximum absolute atomic E-state index is 4.70. The molecule has 0 atom stereocenters.